The van der Waals surface area contributed by atoms with Crippen LogP contribution in [0.15, 0.2) is 0 Å². The van der Waals surface area contributed by atoms with Gasteiger partial charge in [0.25, 0.3) is 0 Å². The van der Waals surface area contributed by atoms with E-state index in [0.29, 0.717) is 0 Å². The highest BCUT2D eigenvalue weighted by Crippen LogP contribution is 1.86. The topological polar surface area (TPSA) is 29.5 Å². The van der Waals surface area contributed by atoms with Crippen molar-refractivity contribution in [3.8, 4) is 0 Å². The summed E-state index contributed by atoms with van der Waals surface area (Å²) in [7, 11) is 2.99. The molecule has 47 valence electrons. The molecule has 0 aromatic carbocycles. The highest BCUT2D eigenvalue weighted by Gasteiger charge is 2.01. The molecule has 0 bridgehead atoms. The molecule has 8 heavy (non-hydrogen) atoms. The van der Waals surface area contributed by atoms with Crippen LogP contribution in [-0.4, -0.2) is 25.1 Å². The van der Waals surface area contributed by atoms with E-state index >= 15 is 0 Å². The van der Waals surface area contributed by atoms with Crippen LogP contribution < -0.4 is 0 Å². The Balaban J connectivity index is 3.46. The predicted molar refractivity (Wildman–Crippen MR) is 29.8 cm³/mol. The first-order chi connectivity index (χ1) is 3.72. The van der Waals surface area contributed by atoms with E-state index in [1.165, 1.54) is 7.11 Å². The summed E-state index contributed by atoms with van der Waals surface area (Å²) in [6, 6.07) is 0. The molecule has 0 atom stereocenters. The minimum Gasteiger partial charge on any atom is -0.275 e. The van der Waals surface area contributed by atoms with Gasteiger partial charge in [-0.25, -0.2) is 5.06 Å². The van der Waals surface area contributed by atoms with Crippen molar-refractivity contribution in [1.82, 2.24) is 5.06 Å². The SMILES string of the molecule is [CH2]CC(=O)N(C)OC. The molecule has 0 rings (SSSR count). The van der Waals surface area contributed by atoms with Crippen molar-refractivity contribution >= 4 is 5.91 Å². The van der Waals surface area contributed by atoms with Gasteiger partial charge in [0.15, 0.2) is 0 Å². The Morgan fingerprint density at radius 3 is 2.50 bits per heavy atom. The molecule has 0 aliphatic carbocycles. The van der Waals surface area contributed by atoms with Crippen LogP contribution in [0.3, 0.4) is 0 Å². The number of rotatable bonds is 2. The molecule has 3 nitrogen and oxygen atoms in total. The summed E-state index contributed by atoms with van der Waals surface area (Å²) in [5.41, 5.74) is 0. The monoisotopic (exact) mass is 116 g/mol. The molecule has 0 aliphatic rings. The normalized spacial score (nSPS) is 8.88. The summed E-state index contributed by atoms with van der Waals surface area (Å²) in [6.07, 6.45) is 0.240. The van der Waals surface area contributed by atoms with Gasteiger partial charge in [-0.15, -0.1) is 0 Å². The third-order valence-electron chi connectivity index (χ3n) is 0.839. The zero-order valence-electron chi connectivity index (χ0n) is 5.18. The molecule has 3 heteroatoms. The van der Waals surface area contributed by atoms with Gasteiger partial charge < -0.3 is 0 Å². The Morgan fingerprint density at radius 2 is 2.38 bits per heavy atom. The zero-order chi connectivity index (χ0) is 6.57. The van der Waals surface area contributed by atoms with Crippen molar-refractivity contribution in [1.29, 1.82) is 0 Å². The molecular weight excluding hydrogens is 106 g/mol. The minimum atomic E-state index is -0.118. The third-order valence-corrected chi connectivity index (χ3v) is 0.839. The lowest BCUT2D eigenvalue weighted by atomic mass is 10.5. The number of hydrogen-bond donors (Lipinski definition) is 0. The average Bonchev–Trinajstić information content (AvgIpc) is 1.84. The van der Waals surface area contributed by atoms with Crippen molar-refractivity contribution in [3.63, 3.8) is 0 Å². The van der Waals surface area contributed by atoms with Crippen molar-refractivity contribution in [3.05, 3.63) is 6.92 Å². The van der Waals surface area contributed by atoms with Crippen molar-refractivity contribution in [2.45, 2.75) is 6.42 Å². The Bertz CT molecular complexity index is 82.5. The van der Waals surface area contributed by atoms with Gasteiger partial charge in [0, 0.05) is 13.5 Å². The molecule has 0 aliphatic heterocycles. The average molecular weight is 116 g/mol. The van der Waals surface area contributed by atoms with Crippen LogP contribution in [0.25, 0.3) is 0 Å². The van der Waals surface area contributed by atoms with Gasteiger partial charge in [0.05, 0.1) is 7.11 Å². The van der Waals surface area contributed by atoms with Gasteiger partial charge in [-0.1, -0.05) is 0 Å². The van der Waals surface area contributed by atoms with Crippen LogP contribution in [0.2, 0.25) is 0 Å². The third kappa shape index (κ3) is 1.93. The van der Waals surface area contributed by atoms with Gasteiger partial charge in [-0.05, 0) is 6.92 Å². The zero-order valence-corrected chi connectivity index (χ0v) is 5.18. The number of hydrogen-bond acceptors (Lipinski definition) is 2. The Hall–Kier alpha value is -0.570. The highest BCUT2D eigenvalue weighted by atomic mass is 16.7. The highest BCUT2D eigenvalue weighted by molar-refractivity contribution is 5.75. The van der Waals surface area contributed by atoms with Crippen LogP contribution >= 0.6 is 0 Å². The van der Waals surface area contributed by atoms with E-state index in [4.69, 9.17) is 0 Å². The first-order valence-corrected chi connectivity index (χ1v) is 2.32. The first-order valence-electron chi connectivity index (χ1n) is 2.32. The van der Waals surface area contributed by atoms with Crippen molar-refractivity contribution < 1.29 is 9.63 Å². The fraction of sp³-hybridized carbons (Fsp3) is 0.600. The lowest BCUT2D eigenvalue weighted by Gasteiger charge is -2.10. The second-order valence-electron chi connectivity index (χ2n) is 1.32. The summed E-state index contributed by atoms with van der Waals surface area (Å²) in [5.74, 6) is -0.118. The number of carbonyl (C=O) groups excluding carboxylic acids is 1. The van der Waals surface area contributed by atoms with E-state index in [-0.39, 0.29) is 12.3 Å². The number of amides is 1. The van der Waals surface area contributed by atoms with E-state index in [9.17, 15) is 4.79 Å². The fourth-order valence-electron chi connectivity index (χ4n) is 0.259. The lowest BCUT2D eigenvalue weighted by Crippen LogP contribution is -2.24. The Labute approximate surface area is 49.2 Å². The quantitative estimate of drug-likeness (QED) is 0.483. The number of carbonyl (C=O) groups is 1. The van der Waals surface area contributed by atoms with E-state index in [1.54, 1.807) is 7.05 Å². The molecule has 0 heterocycles. The van der Waals surface area contributed by atoms with Gasteiger partial charge in [-0.2, -0.15) is 0 Å². The molecule has 0 spiro atoms. The lowest BCUT2D eigenvalue weighted by molar-refractivity contribution is -0.167. The molecule has 0 saturated heterocycles. The molecule has 0 aromatic heterocycles. The smallest absolute Gasteiger partial charge is 0.245 e. The summed E-state index contributed by atoms with van der Waals surface area (Å²) in [5, 5.41) is 1.15. The van der Waals surface area contributed by atoms with E-state index in [2.05, 4.69) is 11.8 Å². The number of hydroxylamine groups is 2. The second-order valence-corrected chi connectivity index (χ2v) is 1.32. The molecule has 0 saturated carbocycles. The Kier molecular flexibility index (Phi) is 3.19. The number of nitrogens with zero attached hydrogens (tertiary/aromatic N) is 1. The van der Waals surface area contributed by atoms with Gasteiger partial charge in [0.2, 0.25) is 5.91 Å². The molecule has 0 N–H and O–H groups in total. The molecule has 0 aromatic rings. The summed E-state index contributed by atoms with van der Waals surface area (Å²) < 4.78 is 0. The van der Waals surface area contributed by atoms with Crippen LogP contribution in [0.1, 0.15) is 6.42 Å². The van der Waals surface area contributed by atoms with E-state index < -0.39 is 0 Å². The van der Waals surface area contributed by atoms with Crippen LogP contribution in [0.4, 0.5) is 0 Å². The molecule has 0 fully saturated rings. The summed E-state index contributed by atoms with van der Waals surface area (Å²) in [4.78, 5) is 15.0. The van der Waals surface area contributed by atoms with Crippen LogP contribution in [0.5, 0.6) is 0 Å². The maximum Gasteiger partial charge on any atom is 0.245 e. The fourth-order valence-corrected chi connectivity index (χ4v) is 0.259. The van der Waals surface area contributed by atoms with E-state index in [0.717, 1.165) is 5.06 Å². The summed E-state index contributed by atoms with van der Waals surface area (Å²) in [6.45, 7) is 3.38. The van der Waals surface area contributed by atoms with Gasteiger partial charge >= 0.3 is 0 Å². The molecule has 0 unspecified atom stereocenters. The largest absolute Gasteiger partial charge is 0.275 e. The molecular formula is C5H10NO2. The second kappa shape index (κ2) is 3.43. The maximum absolute atomic E-state index is 10.5. The van der Waals surface area contributed by atoms with E-state index in [1.807, 2.05) is 0 Å². The van der Waals surface area contributed by atoms with Crippen LogP contribution in [0, 0.1) is 6.92 Å². The standard InChI is InChI=1S/C5H10NO2/c1-4-5(7)6(2)8-3/h1,4H2,2-3H3. The van der Waals surface area contributed by atoms with Crippen molar-refractivity contribution in [2.75, 3.05) is 14.2 Å². The molecule has 1 radical (unpaired) electrons. The Morgan fingerprint density at radius 1 is 1.88 bits per heavy atom. The van der Waals surface area contributed by atoms with Gasteiger partial charge in [-0.3, -0.25) is 9.63 Å². The van der Waals surface area contributed by atoms with Crippen LogP contribution in [-0.2, 0) is 9.63 Å². The first kappa shape index (κ1) is 7.43. The maximum atomic E-state index is 10.5. The predicted octanol–water partition coefficient (Wildman–Crippen LogP) is 0.230. The molecule has 1 amide bonds. The van der Waals surface area contributed by atoms with Gasteiger partial charge in [0.1, 0.15) is 0 Å². The minimum absolute atomic E-state index is 0.118. The van der Waals surface area contributed by atoms with Crippen molar-refractivity contribution in [2.24, 2.45) is 0 Å². The summed E-state index contributed by atoms with van der Waals surface area (Å²) >= 11 is 0.